The number of hydrogen-bond acceptors (Lipinski definition) is 4. The molecule has 0 radical (unpaired) electrons. The predicted octanol–water partition coefficient (Wildman–Crippen LogP) is 3.27. The molecule has 20 heavy (non-hydrogen) atoms. The van der Waals surface area contributed by atoms with Gasteiger partial charge in [-0.05, 0) is 18.8 Å². The van der Waals surface area contributed by atoms with Crippen LogP contribution in [0.4, 0.5) is 4.79 Å². The van der Waals surface area contributed by atoms with Crippen LogP contribution in [0.15, 0.2) is 0 Å². The van der Waals surface area contributed by atoms with Crippen molar-refractivity contribution in [1.82, 2.24) is 5.32 Å². The number of carbonyl (C=O) groups excluding carboxylic acids is 2. The number of alkyl carbamates (subject to hydrolysis) is 1. The fourth-order valence-corrected chi connectivity index (χ4v) is 1.87. The van der Waals surface area contributed by atoms with Gasteiger partial charge in [-0.3, -0.25) is 0 Å². The van der Waals surface area contributed by atoms with Gasteiger partial charge < -0.3 is 14.8 Å². The molecule has 1 N–H and O–H groups in total. The van der Waals surface area contributed by atoms with Crippen LogP contribution in [0.3, 0.4) is 0 Å². The Morgan fingerprint density at radius 3 is 2.30 bits per heavy atom. The summed E-state index contributed by atoms with van der Waals surface area (Å²) in [5, 5.41) is 2.52. The highest BCUT2D eigenvalue weighted by molar-refractivity contribution is 5.81. The molecule has 0 heterocycles. The van der Waals surface area contributed by atoms with Crippen LogP contribution < -0.4 is 5.32 Å². The van der Waals surface area contributed by atoms with Crippen molar-refractivity contribution in [3.63, 3.8) is 0 Å². The maximum atomic E-state index is 11.9. The van der Waals surface area contributed by atoms with Gasteiger partial charge in [-0.25, -0.2) is 9.59 Å². The van der Waals surface area contributed by atoms with Crippen LogP contribution in [0, 0.1) is 5.92 Å². The number of unbranched alkanes of at least 4 members (excludes halogenated alkanes) is 4. The molecule has 1 amide bonds. The zero-order valence-electron chi connectivity index (χ0n) is 13.2. The summed E-state index contributed by atoms with van der Waals surface area (Å²) in [6, 6.07) is -0.627. The summed E-state index contributed by atoms with van der Waals surface area (Å²) in [5.74, 6) is -0.0890. The van der Waals surface area contributed by atoms with Crippen LogP contribution in [0.2, 0.25) is 0 Å². The Hall–Kier alpha value is -1.26. The molecule has 0 aromatic heterocycles. The first-order valence-corrected chi connectivity index (χ1v) is 7.52. The van der Waals surface area contributed by atoms with Crippen LogP contribution in [0.25, 0.3) is 0 Å². The quantitative estimate of drug-likeness (QED) is 0.495. The van der Waals surface area contributed by atoms with Crippen LogP contribution in [0.1, 0.15) is 59.3 Å². The molecule has 0 fully saturated rings. The summed E-state index contributed by atoms with van der Waals surface area (Å²) in [7, 11) is 1.28. The summed E-state index contributed by atoms with van der Waals surface area (Å²) >= 11 is 0. The molecule has 1 atom stereocenters. The van der Waals surface area contributed by atoms with Gasteiger partial charge >= 0.3 is 12.1 Å². The number of nitrogens with one attached hydrogen (secondary N) is 1. The minimum atomic E-state index is -0.627. The number of amides is 1. The fourth-order valence-electron chi connectivity index (χ4n) is 1.87. The lowest BCUT2D eigenvalue weighted by Gasteiger charge is -2.18. The third-order valence-corrected chi connectivity index (χ3v) is 2.96. The second kappa shape index (κ2) is 11.6. The Bertz CT molecular complexity index is 279. The zero-order chi connectivity index (χ0) is 15.4. The van der Waals surface area contributed by atoms with Crippen molar-refractivity contribution in [2.24, 2.45) is 5.92 Å². The van der Waals surface area contributed by atoms with Gasteiger partial charge in [0.25, 0.3) is 0 Å². The molecule has 0 spiro atoms. The molecule has 118 valence electrons. The fraction of sp³-hybridized carbons (Fsp3) is 0.867. The third kappa shape index (κ3) is 9.64. The van der Waals surface area contributed by atoms with Gasteiger partial charge in [0.1, 0.15) is 6.04 Å². The molecule has 0 unspecified atom stereocenters. The van der Waals surface area contributed by atoms with Crippen molar-refractivity contribution in [3.05, 3.63) is 0 Å². The Morgan fingerprint density at radius 2 is 1.75 bits per heavy atom. The van der Waals surface area contributed by atoms with Gasteiger partial charge in [-0.1, -0.05) is 46.5 Å². The van der Waals surface area contributed by atoms with Crippen LogP contribution in [0.5, 0.6) is 0 Å². The third-order valence-electron chi connectivity index (χ3n) is 2.96. The van der Waals surface area contributed by atoms with Gasteiger partial charge in [-0.2, -0.15) is 0 Å². The van der Waals surface area contributed by atoms with Crippen molar-refractivity contribution in [2.75, 3.05) is 13.7 Å². The molecule has 0 aliphatic carbocycles. The lowest BCUT2D eigenvalue weighted by molar-refractivity contribution is -0.146. The molecule has 0 aromatic rings. The normalized spacial score (nSPS) is 12.1. The predicted molar refractivity (Wildman–Crippen MR) is 78.5 cm³/mol. The molecule has 0 aliphatic rings. The number of carbonyl (C=O) groups is 2. The standard InChI is InChI=1S/C15H29NO4/c1-5-6-7-8-9-10-20-14(17)13(11-12(2)3)16-15(18)19-4/h12-13H,5-11H2,1-4H3,(H,16,18)/t13-/m0/s1. The molecule has 0 aromatic carbocycles. The lowest BCUT2D eigenvalue weighted by atomic mass is 10.0. The number of hydrogen-bond donors (Lipinski definition) is 1. The van der Waals surface area contributed by atoms with E-state index in [1.54, 1.807) is 0 Å². The molecular formula is C15H29NO4. The minimum absolute atomic E-state index is 0.286. The number of rotatable bonds is 10. The topological polar surface area (TPSA) is 64.6 Å². The Balaban J connectivity index is 4.03. The number of methoxy groups -OCH3 is 1. The average Bonchev–Trinajstić information content (AvgIpc) is 2.41. The van der Waals surface area contributed by atoms with E-state index < -0.39 is 12.1 Å². The smallest absolute Gasteiger partial charge is 0.407 e. The van der Waals surface area contributed by atoms with E-state index in [9.17, 15) is 9.59 Å². The Morgan fingerprint density at radius 1 is 1.10 bits per heavy atom. The van der Waals surface area contributed by atoms with Gasteiger partial charge in [0.15, 0.2) is 0 Å². The summed E-state index contributed by atoms with van der Waals surface area (Å²) in [6.45, 7) is 6.56. The molecule has 0 saturated carbocycles. The molecular weight excluding hydrogens is 258 g/mol. The summed E-state index contributed by atoms with van der Waals surface area (Å²) in [6.07, 6.45) is 5.47. The molecule has 5 nitrogen and oxygen atoms in total. The van der Waals surface area contributed by atoms with Crippen molar-refractivity contribution in [2.45, 2.75) is 65.3 Å². The number of esters is 1. The van der Waals surface area contributed by atoms with Gasteiger partial charge in [0, 0.05) is 0 Å². The molecule has 0 bridgehead atoms. The van der Waals surface area contributed by atoms with Gasteiger partial charge in [-0.15, -0.1) is 0 Å². The minimum Gasteiger partial charge on any atom is -0.464 e. The van der Waals surface area contributed by atoms with Crippen molar-refractivity contribution < 1.29 is 19.1 Å². The highest BCUT2D eigenvalue weighted by Gasteiger charge is 2.23. The van der Waals surface area contributed by atoms with Crippen molar-refractivity contribution >= 4 is 12.1 Å². The maximum Gasteiger partial charge on any atom is 0.407 e. The second-order valence-electron chi connectivity index (χ2n) is 5.40. The van der Waals surface area contributed by atoms with Crippen LogP contribution in [-0.4, -0.2) is 31.8 Å². The Kier molecular flexibility index (Phi) is 10.8. The second-order valence-corrected chi connectivity index (χ2v) is 5.40. The summed E-state index contributed by atoms with van der Waals surface area (Å²) in [5.41, 5.74) is 0. The maximum absolute atomic E-state index is 11.9. The molecule has 0 aliphatic heterocycles. The van der Waals surface area contributed by atoms with Crippen molar-refractivity contribution in [1.29, 1.82) is 0 Å². The summed E-state index contributed by atoms with van der Waals surface area (Å²) in [4.78, 5) is 23.1. The van der Waals surface area contributed by atoms with E-state index in [0.29, 0.717) is 13.0 Å². The molecule has 0 saturated heterocycles. The first-order valence-electron chi connectivity index (χ1n) is 7.52. The average molecular weight is 287 g/mol. The van der Waals surface area contributed by atoms with Gasteiger partial charge in [0.2, 0.25) is 0 Å². The highest BCUT2D eigenvalue weighted by Crippen LogP contribution is 2.08. The lowest BCUT2D eigenvalue weighted by Crippen LogP contribution is -2.42. The highest BCUT2D eigenvalue weighted by atomic mass is 16.5. The van der Waals surface area contributed by atoms with E-state index in [1.165, 1.54) is 26.4 Å². The van der Waals surface area contributed by atoms with E-state index in [-0.39, 0.29) is 11.9 Å². The SMILES string of the molecule is CCCCCCCOC(=O)[C@H](CC(C)C)NC(=O)OC. The van der Waals surface area contributed by atoms with E-state index in [2.05, 4.69) is 17.0 Å². The zero-order valence-corrected chi connectivity index (χ0v) is 13.2. The molecule has 5 heteroatoms. The van der Waals surface area contributed by atoms with Crippen LogP contribution >= 0.6 is 0 Å². The van der Waals surface area contributed by atoms with E-state index in [0.717, 1.165) is 12.8 Å². The molecule has 0 rings (SSSR count). The monoisotopic (exact) mass is 287 g/mol. The van der Waals surface area contributed by atoms with E-state index in [1.807, 2.05) is 13.8 Å². The van der Waals surface area contributed by atoms with Crippen molar-refractivity contribution in [3.8, 4) is 0 Å². The van der Waals surface area contributed by atoms with Crippen LogP contribution in [-0.2, 0) is 14.3 Å². The first kappa shape index (κ1) is 18.7. The summed E-state index contributed by atoms with van der Waals surface area (Å²) < 4.78 is 9.75. The largest absolute Gasteiger partial charge is 0.464 e. The van der Waals surface area contributed by atoms with E-state index in [4.69, 9.17) is 4.74 Å². The number of ether oxygens (including phenoxy) is 2. The van der Waals surface area contributed by atoms with Gasteiger partial charge in [0.05, 0.1) is 13.7 Å². The van der Waals surface area contributed by atoms with E-state index >= 15 is 0 Å². The Labute approximate surface area is 122 Å². The first-order chi connectivity index (χ1) is 9.51.